The molecular formula is C10H5BBr2ClF3KNO. The number of halogens is 6. The Hall–Kier alpha value is 1.17. The van der Waals surface area contributed by atoms with Gasteiger partial charge in [0.1, 0.15) is 10.7 Å². The van der Waals surface area contributed by atoms with Gasteiger partial charge in [-0.05, 0) is 34.1 Å². The number of pyridine rings is 1. The maximum Gasteiger partial charge on any atom is 1.00 e. The maximum atomic E-state index is 12.3. The number of nitrogens with zero attached hydrogens (tertiary/aromatic N) is 1. The summed E-state index contributed by atoms with van der Waals surface area (Å²) in [4.78, 5) is 4.02. The van der Waals surface area contributed by atoms with Crippen molar-refractivity contribution in [2.24, 2.45) is 0 Å². The summed E-state index contributed by atoms with van der Waals surface area (Å²) in [5.74, 6) is 0.0277. The fourth-order valence-corrected chi connectivity index (χ4v) is 3.02. The Balaban J connectivity index is 0.00000200. The second-order valence-corrected chi connectivity index (χ2v) is 5.82. The second-order valence-electron chi connectivity index (χ2n) is 3.72. The molecule has 2 rings (SSSR count). The van der Waals surface area contributed by atoms with E-state index in [0.717, 1.165) is 0 Å². The first-order valence-corrected chi connectivity index (χ1v) is 7.02. The van der Waals surface area contributed by atoms with Crippen molar-refractivity contribution in [3.63, 3.8) is 0 Å². The molecule has 1 aromatic carbocycles. The van der Waals surface area contributed by atoms with Crippen LogP contribution in [0.3, 0.4) is 0 Å². The van der Waals surface area contributed by atoms with E-state index in [1.165, 1.54) is 0 Å². The molecule has 0 aliphatic rings. The van der Waals surface area contributed by atoms with E-state index in [-0.39, 0.29) is 67.8 Å². The molecule has 0 aliphatic carbocycles. The monoisotopic (exact) mass is 455 g/mol. The van der Waals surface area contributed by atoms with Gasteiger partial charge in [-0.2, -0.15) is 0 Å². The molecule has 1 heterocycles. The third-order valence-corrected chi connectivity index (χ3v) is 3.68. The number of rotatable bonds is 3. The summed E-state index contributed by atoms with van der Waals surface area (Å²) in [7, 11) is 0. The molecule has 10 heteroatoms. The van der Waals surface area contributed by atoms with Crippen LogP contribution >= 0.6 is 43.5 Å². The van der Waals surface area contributed by atoms with Gasteiger partial charge in [-0.1, -0.05) is 27.5 Å². The van der Waals surface area contributed by atoms with Crippen molar-refractivity contribution in [2.75, 3.05) is 6.51 Å². The summed E-state index contributed by atoms with van der Waals surface area (Å²) in [5, 5.41) is 0.803. The molecule has 0 radical (unpaired) electrons. The molecule has 0 saturated heterocycles. The Kier molecular flexibility index (Phi) is 7.33. The molecule has 0 fully saturated rings. The first kappa shape index (κ1) is 19.2. The van der Waals surface area contributed by atoms with Gasteiger partial charge in [0, 0.05) is 9.86 Å². The van der Waals surface area contributed by atoms with Crippen LogP contribution in [0.4, 0.5) is 12.9 Å². The molecule has 0 N–H and O–H groups in total. The van der Waals surface area contributed by atoms with Crippen LogP contribution in [0.5, 0.6) is 5.75 Å². The van der Waals surface area contributed by atoms with E-state index in [1.807, 2.05) is 0 Å². The van der Waals surface area contributed by atoms with Gasteiger partial charge in [-0.3, -0.25) is 0 Å². The molecule has 0 atom stereocenters. The van der Waals surface area contributed by atoms with E-state index in [4.69, 9.17) is 16.3 Å². The van der Waals surface area contributed by atoms with Gasteiger partial charge in [-0.25, -0.2) is 4.98 Å². The average Bonchev–Trinajstić information content (AvgIpc) is 2.26. The summed E-state index contributed by atoms with van der Waals surface area (Å²) >= 11 is 12.2. The van der Waals surface area contributed by atoms with Gasteiger partial charge in [0.2, 0.25) is 0 Å². The van der Waals surface area contributed by atoms with Gasteiger partial charge in [0.15, 0.2) is 5.75 Å². The molecule has 1 aromatic heterocycles. The first-order chi connectivity index (χ1) is 8.78. The zero-order chi connectivity index (χ0) is 14.2. The molecule has 2 aromatic rings. The van der Waals surface area contributed by atoms with E-state index in [9.17, 15) is 12.9 Å². The number of fused-ring (bicyclic) bond motifs is 1. The second kappa shape index (κ2) is 7.63. The Labute approximate surface area is 177 Å². The summed E-state index contributed by atoms with van der Waals surface area (Å²) in [6.07, 6.45) is 0. The number of aromatic nitrogens is 1. The Morgan fingerprint density at radius 2 is 1.85 bits per heavy atom. The molecule has 0 aliphatic heterocycles. The smallest absolute Gasteiger partial charge is 0.519 e. The first-order valence-electron chi connectivity index (χ1n) is 5.06. The summed E-state index contributed by atoms with van der Waals surface area (Å²) < 4.78 is 42.8. The van der Waals surface area contributed by atoms with Crippen LogP contribution in [0.15, 0.2) is 27.1 Å². The van der Waals surface area contributed by atoms with Crippen LogP contribution in [0, 0.1) is 0 Å². The van der Waals surface area contributed by atoms with Gasteiger partial charge < -0.3 is 17.7 Å². The summed E-state index contributed by atoms with van der Waals surface area (Å²) in [6.45, 7) is -6.37. The van der Waals surface area contributed by atoms with Gasteiger partial charge >= 0.3 is 58.4 Å². The van der Waals surface area contributed by atoms with Crippen molar-refractivity contribution < 1.29 is 69.1 Å². The molecule has 2 nitrogen and oxygen atoms in total. The van der Waals surface area contributed by atoms with Crippen LogP contribution in [0.1, 0.15) is 0 Å². The van der Waals surface area contributed by atoms with E-state index in [0.29, 0.717) is 14.3 Å². The largest absolute Gasteiger partial charge is 1.00 e. The van der Waals surface area contributed by atoms with Crippen molar-refractivity contribution in [2.45, 2.75) is 0 Å². The van der Waals surface area contributed by atoms with E-state index < -0.39 is 13.5 Å². The van der Waals surface area contributed by atoms with Gasteiger partial charge in [0.25, 0.3) is 0 Å². The topological polar surface area (TPSA) is 22.1 Å². The van der Waals surface area contributed by atoms with E-state index in [1.54, 1.807) is 18.2 Å². The minimum absolute atomic E-state index is 0. The van der Waals surface area contributed by atoms with E-state index >= 15 is 0 Å². The summed E-state index contributed by atoms with van der Waals surface area (Å²) in [5.41, 5.74) is 0.272. The van der Waals surface area contributed by atoms with Crippen LogP contribution in [0.25, 0.3) is 10.9 Å². The molecule has 0 unspecified atom stereocenters. The average molecular weight is 457 g/mol. The van der Waals surface area contributed by atoms with Crippen molar-refractivity contribution in [1.29, 1.82) is 0 Å². The van der Waals surface area contributed by atoms with Crippen molar-refractivity contribution in [1.82, 2.24) is 4.98 Å². The Morgan fingerprint density at radius 1 is 1.20 bits per heavy atom. The standard InChI is InChI=1S/C10H5BBr2ClF3NO.K/c12-6-3-7(13)10(19-4-11(15,16)17)9-5(6)1-2-8(14)18-9;/h1-3H,4H2;/q-1;+1. The van der Waals surface area contributed by atoms with Crippen LogP contribution in [-0.4, -0.2) is 18.5 Å². The minimum atomic E-state index is -5.04. The van der Waals surface area contributed by atoms with Gasteiger partial charge in [0.05, 0.1) is 11.0 Å². The molecule has 0 amide bonds. The van der Waals surface area contributed by atoms with Gasteiger partial charge in [-0.15, -0.1) is 0 Å². The third-order valence-electron chi connectivity index (χ3n) is 2.22. The number of benzene rings is 1. The normalized spacial score (nSPS) is 11.3. The predicted molar refractivity (Wildman–Crippen MR) is 76.7 cm³/mol. The molecule has 0 bridgehead atoms. The number of ether oxygens (including phenoxy) is 1. The SMILES string of the molecule is F[B-](F)(F)COc1c(Br)cc(Br)c2ccc(Cl)nc12.[K+]. The maximum absolute atomic E-state index is 12.3. The third kappa shape index (κ3) is 4.84. The predicted octanol–water partition coefficient (Wildman–Crippen LogP) is 2.18. The van der Waals surface area contributed by atoms with Crippen molar-refractivity contribution in [3.05, 3.63) is 32.3 Å². The van der Waals surface area contributed by atoms with Crippen molar-refractivity contribution >= 4 is 61.3 Å². The quantitative estimate of drug-likeness (QED) is 0.521. The summed E-state index contributed by atoms with van der Waals surface area (Å²) in [6, 6.07) is 4.82. The molecule has 20 heavy (non-hydrogen) atoms. The zero-order valence-electron chi connectivity index (χ0n) is 10.1. The van der Waals surface area contributed by atoms with Crippen LogP contribution in [-0.2, 0) is 0 Å². The number of hydrogen-bond acceptors (Lipinski definition) is 2. The minimum Gasteiger partial charge on any atom is -0.519 e. The Bertz CT molecular complexity index is 644. The fourth-order valence-electron chi connectivity index (χ4n) is 1.48. The number of hydrogen-bond donors (Lipinski definition) is 0. The zero-order valence-corrected chi connectivity index (χ0v) is 17.2. The molecule has 0 saturated carbocycles. The van der Waals surface area contributed by atoms with E-state index in [2.05, 4.69) is 36.8 Å². The van der Waals surface area contributed by atoms with Crippen LogP contribution < -0.4 is 56.1 Å². The molecule has 102 valence electrons. The molecule has 0 spiro atoms. The fraction of sp³-hybridized carbons (Fsp3) is 0.100. The molecular weight excluding hydrogens is 452 g/mol. The van der Waals surface area contributed by atoms with Crippen LogP contribution in [0.2, 0.25) is 5.15 Å². The van der Waals surface area contributed by atoms with Crippen molar-refractivity contribution in [3.8, 4) is 5.75 Å². The Morgan fingerprint density at radius 3 is 2.45 bits per heavy atom.